The molecule has 86 valence electrons. The van der Waals surface area contributed by atoms with Crippen LogP contribution in [0.1, 0.15) is 32.5 Å². The predicted octanol–water partition coefficient (Wildman–Crippen LogP) is 1.88. The van der Waals surface area contributed by atoms with E-state index >= 15 is 0 Å². The molecule has 1 aromatic heterocycles. The Labute approximate surface area is 94.5 Å². The summed E-state index contributed by atoms with van der Waals surface area (Å²) >= 11 is 1.80. The van der Waals surface area contributed by atoms with Crippen LogP contribution >= 0.6 is 11.8 Å². The minimum atomic E-state index is -0.429. The van der Waals surface area contributed by atoms with Gasteiger partial charge in [0, 0.05) is 0 Å². The summed E-state index contributed by atoms with van der Waals surface area (Å²) in [5.41, 5.74) is 0. The van der Waals surface area contributed by atoms with E-state index in [1.807, 2.05) is 0 Å². The Morgan fingerprint density at radius 2 is 2.13 bits per heavy atom. The maximum absolute atomic E-state index is 9.13. The van der Waals surface area contributed by atoms with E-state index in [2.05, 4.69) is 24.0 Å². The van der Waals surface area contributed by atoms with Crippen LogP contribution in [0.25, 0.3) is 0 Å². The van der Waals surface area contributed by atoms with Crippen molar-refractivity contribution in [1.82, 2.24) is 10.1 Å². The van der Waals surface area contributed by atoms with Crippen molar-refractivity contribution in [2.24, 2.45) is 5.92 Å². The largest absolute Gasteiger partial charge is 0.393 e. The van der Waals surface area contributed by atoms with Gasteiger partial charge in [-0.25, -0.2) is 0 Å². The fourth-order valence-electron chi connectivity index (χ4n) is 1.07. The summed E-state index contributed by atoms with van der Waals surface area (Å²) in [4.78, 5) is 4.19. The first kappa shape index (κ1) is 12.5. The SMILES string of the molecule is CC(C)CSCc1noc(CC(C)O)n1. The maximum Gasteiger partial charge on any atom is 0.229 e. The lowest BCUT2D eigenvalue weighted by molar-refractivity contribution is 0.181. The van der Waals surface area contributed by atoms with Gasteiger partial charge in [0.2, 0.25) is 5.89 Å². The van der Waals surface area contributed by atoms with Crippen molar-refractivity contribution in [2.45, 2.75) is 39.0 Å². The number of aliphatic hydroxyl groups excluding tert-OH is 1. The minimum absolute atomic E-state index is 0.429. The number of thioether (sulfide) groups is 1. The molecule has 0 aliphatic carbocycles. The van der Waals surface area contributed by atoms with E-state index in [1.54, 1.807) is 18.7 Å². The third-order valence-corrected chi connectivity index (χ3v) is 3.03. The Hall–Kier alpha value is -0.550. The highest BCUT2D eigenvalue weighted by atomic mass is 32.2. The smallest absolute Gasteiger partial charge is 0.229 e. The summed E-state index contributed by atoms with van der Waals surface area (Å²) in [6.45, 7) is 6.07. The molecule has 1 unspecified atom stereocenters. The van der Waals surface area contributed by atoms with Gasteiger partial charge in [-0.2, -0.15) is 16.7 Å². The van der Waals surface area contributed by atoms with Crippen molar-refractivity contribution in [1.29, 1.82) is 0 Å². The van der Waals surface area contributed by atoms with Gasteiger partial charge in [-0.05, 0) is 18.6 Å². The second-order valence-electron chi connectivity index (χ2n) is 4.07. The van der Waals surface area contributed by atoms with E-state index in [0.717, 1.165) is 17.3 Å². The summed E-state index contributed by atoms with van der Waals surface area (Å²) in [5, 5.41) is 13.0. The van der Waals surface area contributed by atoms with Gasteiger partial charge in [0.05, 0.1) is 18.3 Å². The summed E-state index contributed by atoms with van der Waals surface area (Å²) in [6, 6.07) is 0. The topological polar surface area (TPSA) is 59.2 Å². The first-order valence-electron chi connectivity index (χ1n) is 5.15. The molecule has 0 saturated heterocycles. The zero-order valence-corrected chi connectivity index (χ0v) is 10.3. The van der Waals surface area contributed by atoms with Gasteiger partial charge in [-0.15, -0.1) is 0 Å². The van der Waals surface area contributed by atoms with Crippen molar-refractivity contribution in [3.63, 3.8) is 0 Å². The van der Waals surface area contributed by atoms with Gasteiger partial charge in [0.1, 0.15) is 0 Å². The van der Waals surface area contributed by atoms with Crippen LogP contribution < -0.4 is 0 Å². The van der Waals surface area contributed by atoms with E-state index in [-0.39, 0.29) is 0 Å². The summed E-state index contributed by atoms with van der Waals surface area (Å²) < 4.78 is 5.00. The molecule has 1 aromatic rings. The van der Waals surface area contributed by atoms with Crippen LogP contribution in [0, 0.1) is 5.92 Å². The Morgan fingerprint density at radius 3 is 2.73 bits per heavy atom. The van der Waals surface area contributed by atoms with Gasteiger partial charge in [-0.1, -0.05) is 19.0 Å². The van der Waals surface area contributed by atoms with Gasteiger partial charge >= 0.3 is 0 Å². The molecule has 1 N–H and O–H groups in total. The van der Waals surface area contributed by atoms with Crippen molar-refractivity contribution in [3.8, 4) is 0 Å². The number of nitrogens with zero attached hydrogens (tertiary/aromatic N) is 2. The molecule has 0 aromatic carbocycles. The van der Waals surface area contributed by atoms with Crippen LogP contribution in [0.4, 0.5) is 0 Å². The quantitative estimate of drug-likeness (QED) is 0.808. The number of aromatic nitrogens is 2. The second-order valence-corrected chi connectivity index (χ2v) is 5.10. The van der Waals surface area contributed by atoms with Crippen LogP contribution in [0.3, 0.4) is 0 Å². The van der Waals surface area contributed by atoms with Gasteiger partial charge in [0.15, 0.2) is 5.82 Å². The molecule has 4 nitrogen and oxygen atoms in total. The average Bonchev–Trinajstić information content (AvgIpc) is 2.50. The fourth-order valence-corrected chi connectivity index (χ4v) is 1.96. The Kier molecular flexibility index (Phi) is 5.11. The van der Waals surface area contributed by atoms with Crippen molar-refractivity contribution < 1.29 is 9.63 Å². The van der Waals surface area contributed by atoms with E-state index in [4.69, 9.17) is 9.63 Å². The van der Waals surface area contributed by atoms with Gasteiger partial charge < -0.3 is 9.63 Å². The zero-order chi connectivity index (χ0) is 11.3. The summed E-state index contributed by atoms with van der Waals surface area (Å²) in [7, 11) is 0. The molecule has 0 fully saturated rings. The first-order chi connectivity index (χ1) is 7.08. The van der Waals surface area contributed by atoms with Crippen LogP contribution in [0.5, 0.6) is 0 Å². The van der Waals surface area contributed by atoms with Gasteiger partial charge in [-0.3, -0.25) is 0 Å². The highest BCUT2D eigenvalue weighted by Gasteiger charge is 2.08. The van der Waals surface area contributed by atoms with Crippen molar-refractivity contribution in [2.75, 3.05) is 5.75 Å². The lowest BCUT2D eigenvalue weighted by atomic mass is 10.3. The van der Waals surface area contributed by atoms with E-state index in [9.17, 15) is 0 Å². The average molecular weight is 230 g/mol. The molecule has 0 bridgehead atoms. The number of aliphatic hydroxyl groups is 1. The maximum atomic E-state index is 9.13. The molecule has 0 saturated carbocycles. The Morgan fingerprint density at radius 1 is 1.40 bits per heavy atom. The van der Waals surface area contributed by atoms with E-state index in [1.165, 1.54) is 0 Å². The molecule has 0 amide bonds. The highest BCUT2D eigenvalue weighted by Crippen LogP contribution is 2.13. The molecule has 0 radical (unpaired) electrons. The van der Waals surface area contributed by atoms with Crippen LogP contribution in [-0.2, 0) is 12.2 Å². The molecular weight excluding hydrogens is 212 g/mol. The third kappa shape index (κ3) is 5.18. The molecular formula is C10H18N2O2S. The predicted molar refractivity (Wildman–Crippen MR) is 60.7 cm³/mol. The molecule has 0 aliphatic rings. The van der Waals surface area contributed by atoms with E-state index < -0.39 is 6.10 Å². The fraction of sp³-hybridized carbons (Fsp3) is 0.800. The molecule has 1 rings (SSSR count). The monoisotopic (exact) mass is 230 g/mol. The number of rotatable bonds is 6. The number of hydrogen-bond acceptors (Lipinski definition) is 5. The standard InChI is InChI=1S/C10H18N2O2S/c1-7(2)5-15-6-9-11-10(14-12-9)4-8(3)13/h7-8,13H,4-6H2,1-3H3. The van der Waals surface area contributed by atoms with Crippen molar-refractivity contribution >= 4 is 11.8 Å². The molecule has 15 heavy (non-hydrogen) atoms. The van der Waals surface area contributed by atoms with E-state index in [0.29, 0.717) is 18.2 Å². The zero-order valence-electron chi connectivity index (χ0n) is 9.43. The highest BCUT2D eigenvalue weighted by molar-refractivity contribution is 7.98. The van der Waals surface area contributed by atoms with Crippen molar-refractivity contribution in [3.05, 3.63) is 11.7 Å². The third-order valence-electron chi connectivity index (χ3n) is 1.66. The van der Waals surface area contributed by atoms with Crippen LogP contribution in [0.15, 0.2) is 4.52 Å². The van der Waals surface area contributed by atoms with Gasteiger partial charge in [0.25, 0.3) is 0 Å². The first-order valence-corrected chi connectivity index (χ1v) is 6.30. The molecule has 5 heteroatoms. The van der Waals surface area contributed by atoms with Crippen LogP contribution in [0.2, 0.25) is 0 Å². The summed E-state index contributed by atoms with van der Waals surface area (Å²) in [5.74, 6) is 3.79. The lowest BCUT2D eigenvalue weighted by Crippen LogP contribution is -2.04. The second kappa shape index (κ2) is 6.12. The minimum Gasteiger partial charge on any atom is -0.393 e. The molecule has 1 atom stereocenters. The Balaban J connectivity index is 2.33. The molecule has 0 spiro atoms. The van der Waals surface area contributed by atoms with Crippen LogP contribution in [-0.4, -0.2) is 27.1 Å². The number of hydrogen-bond donors (Lipinski definition) is 1. The Bertz CT molecular complexity index is 287. The lowest BCUT2D eigenvalue weighted by Gasteiger charge is -2.00. The summed E-state index contributed by atoms with van der Waals surface area (Å²) in [6.07, 6.45) is 0.00333. The molecule has 0 aliphatic heterocycles. The molecule has 1 heterocycles. The normalized spacial score (nSPS) is 13.4.